The molecule has 0 radical (unpaired) electrons. The highest BCUT2D eigenvalue weighted by atomic mass is 35.5. The highest BCUT2D eigenvalue weighted by Gasteiger charge is 2.39. The lowest BCUT2D eigenvalue weighted by molar-refractivity contribution is -0.136. The van der Waals surface area contributed by atoms with Crippen molar-refractivity contribution in [3.05, 3.63) is 75.3 Å². The van der Waals surface area contributed by atoms with Gasteiger partial charge in [-0.05, 0) is 42.7 Å². The first-order chi connectivity index (χ1) is 17.2. The number of halogens is 2. The molecule has 2 aliphatic heterocycles. The Morgan fingerprint density at radius 3 is 2.83 bits per heavy atom. The first-order valence-corrected chi connectivity index (χ1v) is 11.6. The summed E-state index contributed by atoms with van der Waals surface area (Å²) in [5.74, 6) is -2.04. The maximum absolute atomic E-state index is 14.4. The number of benzene rings is 2. The van der Waals surface area contributed by atoms with Gasteiger partial charge in [-0.15, -0.1) is 0 Å². The van der Waals surface area contributed by atoms with Crippen LogP contribution in [0.2, 0.25) is 5.02 Å². The molecule has 5 rings (SSSR count). The fourth-order valence-corrected chi connectivity index (χ4v) is 4.80. The van der Waals surface area contributed by atoms with Gasteiger partial charge in [0.2, 0.25) is 11.8 Å². The van der Waals surface area contributed by atoms with Crippen molar-refractivity contribution in [2.24, 2.45) is 0 Å². The van der Waals surface area contributed by atoms with E-state index in [1.54, 1.807) is 25.1 Å². The zero-order chi connectivity index (χ0) is 25.6. The van der Waals surface area contributed by atoms with Crippen LogP contribution in [0.4, 0.5) is 4.39 Å². The molecule has 4 amide bonds. The van der Waals surface area contributed by atoms with Gasteiger partial charge in [0.05, 0.1) is 10.6 Å². The fraction of sp³-hybridized carbons (Fsp3) is 0.240. The van der Waals surface area contributed by atoms with Crippen LogP contribution in [0.1, 0.15) is 50.4 Å². The van der Waals surface area contributed by atoms with Crippen molar-refractivity contribution in [2.45, 2.75) is 38.9 Å². The molecule has 11 heteroatoms. The van der Waals surface area contributed by atoms with Crippen LogP contribution in [0.15, 0.2) is 40.9 Å². The van der Waals surface area contributed by atoms with Crippen LogP contribution < -0.4 is 10.6 Å². The number of aryl methyl sites for hydroxylation is 1. The number of piperidine rings is 1. The second kappa shape index (κ2) is 9.19. The lowest BCUT2D eigenvalue weighted by Gasteiger charge is -2.29. The van der Waals surface area contributed by atoms with E-state index in [9.17, 15) is 23.6 Å². The molecule has 2 aromatic carbocycles. The van der Waals surface area contributed by atoms with E-state index in [0.29, 0.717) is 5.56 Å². The normalized spacial score (nSPS) is 17.2. The van der Waals surface area contributed by atoms with Crippen LogP contribution >= 0.6 is 11.6 Å². The molecular weight excluding hydrogens is 491 g/mol. The molecule has 2 aliphatic rings. The smallest absolute Gasteiger partial charge is 0.257 e. The highest BCUT2D eigenvalue weighted by Crippen LogP contribution is 2.33. The van der Waals surface area contributed by atoms with Crippen LogP contribution in [0.5, 0.6) is 0 Å². The average Bonchev–Trinajstić information content (AvgIpc) is 3.37. The molecule has 2 N–H and O–H groups in total. The summed E-state index contributed by atoms with van der Waals surface area (Å²) in [6, 6.07) is 8.61. The summed E-state index contributed by atoms with van der Waals surface area (Å²) < 4.78 is 19.6. The van der Waals surface area contributed by atoms with Gasteiger partial charge in [-0.3, -0.25) is 24.5 Å². The van der Waals surface area contributed by atoms with Crippen molar-refractivity contribution in [1.29, 1.82) is 0 Å². The molecule has 0 bridgehead atoms. The molecule has 1 unspecified atom stereocenters. The number of hydrogen-bond acceptors (Lipinski definition) is 6. The number of fused-ring (bicyclic) bond motifs is 1. The van der Waals surface area contributed by atoms with Crippen molar-refractivity contribution in [1.82, 2.24) is 20.7 Å². The monoisotopic (exact) mass is 510 g/mol. The molecule has 0 spiro atoms. The summed E-state index contributed by atoms with van der Waals surface area (Å²) in [4.78, 5) is 51.0. The number of amides is 4. The number of carbonyl (C=O) groups excluding carboxylic acids is 4. The Bertz CT molecular complexity index is 1420. The molecule has 184 valence electrons. The van der Waals surface area contributed by atoms with Crippen molar-refractivity contribution in [2.75, 3.05) is 0 Å². The Hall–Kier alpha value is -4.05. The van der Waals surface area contributed by atoms with Gasteiger partial charge in [0.25, 0.3) is 11.8 Å². The molecule has 1 saturated heterocycles. The minimum atomic E-state index is -0.703. The molecule has 1 atom stereocenters. The van der Waals surface area contributed by atoms with Crippen molar-refractivity contribution < 1.29 is 28.1 Å². The van der Waals surface area contributed by atoms with Crippen LogP contribution in [0.25, 0.3) is 11.3 Å². The van der Waals surface area contributed by atoms with E-state index >= 15 is 0 Å². The van der Waals surface area contributed by atoms with Crippen LogP contribution in [0, 0.1) is 12.7 Å². The molecular formula is C25H20ClFN4O5. The third-order valence-corrected chi connectivity index (χ3v) is 6.65. The molecule has 3 heterocycles. The van der Waals surface area contributed by atoms with Gasteiger partial charge < -0.3 is 14.7 Å². The second-order valence-corrected chi connectivity index (χ2v) is 9.04. The highest BCUT2D eigenvalue weighted by molar-refractivity contribution is 6.33. The number of rotatable bonds is 5. The Labute approximate surface area is 209 Å². The quantitative estimate of drug-likeness (QED) is 0.509. The van der Waals surface area contributed by atoms with Gasteiger partial charge in [-0.25, -0.2) is 4.39 Å². The summed E-state index contributed by atoms with van der Waals surface area (Å²) in [6.07, 6.45) is 0.454. The zero-order valence-corrected chi connectivity index (χ0v) is 19.8. The van der Waals surface area contributed by atoms with Crippen molar-refractivity contribution in [3.8, 4) is 11.3 Å². The van der Waals surface area contributed by atoms with E-state index in [1.165, 1.54) is 23.1 Å². The number of imide groups is 1. The molecule has 36 heavy (non-hydrogen) atoms. The van der Waals surface area contributed by atoms with Gasteiger partial charge >= 0.3 is 0 Å². The maximum Gasteiger partial charge on any atom is 0.257 e. The second-order valence-electron chi connectivity index (χ2n) is 8.63. The minimum Gasteiger partial charge on any atom is -0.360 e. The minimum absolute atomic E-state index is 0.00697. The van der Waals surface area contributed by atoms with E-state index in [2.05, 4.69) is 15.8 Å². The van der Waals surface area contributed by atoms with Crippen LogP contribution in [0.3, 0.4) is 0 Å². The van der Waals surface area contributed by atoms with Gasteiger partial charge in [0.15, 0.2) is 0 Å². The van der Waals surface area contributed by atoms with E-state index in [4.69, 9.17) is 16.1 Å². The van der Waals surface area contributed by atoms with E-state index in [1.807, 2.05) is 0 Å². The number of nitrogens with one attached hydrogen (secondary N) is 2. The van der Waals surface area contributed by atoms with Crippen LogP contribution in [-0.2, 0) is 22.7 Å². The van der Waals surface area contributed by atoms with Gasteiger partial charge in [0, 0.05) is 25.1 Å². The van der Waals surface area contributed by atoms with Crippen LogP contribution in [-0.4, -0.2) is 39.7 Å². The third-order valence-electron chi connectivity index (χ3n) is 6.33. The Kier molecular flexibility index (Phi) is 6.05. The molecule has 1 aromatic heterocycles. The summed E-state index contributed by atoms with van der Waals surface area (Å²) in [5.41, 5.74) is 1.97. The Morgan fingerprint density at radius 2 is 2.08 bits per heavy atom. The molecule has 3 aromatic rings. The Morgan fingerprint density at radius 1 is 1.28 bits per heavy atom. The summed E-state index contributed by atoms with van der Waals surface area (Å²) in [7, 11) is 0. The molecule has 0 aliphatic carbocycles. The topological polar surface area (TPSA) is 122 Å². The fourth-order valence-electron chi connectivity index (χ4n) is 4.54. The van der Waals surface area contributed by atoms with Crippen molar-refractivity contribution >= 4 is 35.2 Å². The lowest BCUT2D eigenvalue weighted by Crippen LogP contribution is -2.52. The summed E-state index contributed by atoms with van der Waals surface area (Å²) in [5, 5.41) is 8.99. The predicted octanol–water partition coefficient (Wildman–Crippen LogP) is 3.13. The molecule has 1 fully saturated rings. The number of hydrogen-bond donors (Lipinski definition) is 2. The number of nitrogens with zero attached hydrogens (tertiary/aromatic N) is 2. The SMILES string of the molecule is Cc1onc(-c2c(F)cccc2Cl)c1C(=O)NCc1ccc2c(c1)CN(C1CCC(=O)NC1=O)C2=O. The predicted molar refractivity (Wildman–Crippen MR) is 125 cm³/mol. The average molecular weight is 511 g/mol. The number of aromatic nitrogens is 1. The summed E-state index contributed by atoms with van der Waals surface area (Å²) >= 11 is 6.15. The molecule has 9 nitrogen and oxygen atoms in total. The third kappa shape index (κ3) is 4.13. The standard InChI is InChI=1S/C25H20ClFN4O5/c1-12-20(22(30-36-12)21-16(26)3-2-4-17(21)27)24(34)28-10-13-5-6-15-14(9-13)11-31(25(15)35)18-7-8-19(32)29-23(18)33/h2-6,9,18H,7-8,10-11H2,1H3,(H,28,34)(H,29,32,33). The van der Waals surface area contributed by atoms with E-state index in [-0.39, 0.29) is 65.3 Å². The lowest BCUT2D eigenvalue weighted by atomic mass is 10.0. The van der Waals surface area contributed by atoms with Gasteiger partial charge in [-0.1, -0.05) is 35.0 Å². The molecule has 0 saturated carbocycles. The first-order valence-electron chi connectivity index (χ1n) is 11.2. The summed E-state index contributed by atoms with van der Waals surface area (Å²) in [6.45, 7) is 1.89. The zero-order valence-electron chi connectivity index (χ0n) is 19.1. The van der Waals surface area contributed by atoms with Gasteiger partial charge in [0.1, 0.15) is 28.9 Å². The first kappa shape index (κ1) is 23.7. The maximum atomic E-state index is 14.4. The Balaban J connectivity index is 1.32. The van der Waals surface area contributed by atoms with E-state index in [0.717, 1.165) is 11.1 Å². The largest absolute Gasteiger partial charge is 0.360 e. The van der Waals surface area contributed by atoms with Crippen molar-refractivity contribution in [3.63, 3.8) is 0 Å². The number of carbonyl (C=O) groups is 4. The van der Waals surface area contributed by atoms with Gasteiger partial charge in [-0.2, -0.15) is 0 Å². The van der Waals surface area contributed by atoms with E-state index < -0.39 is 23.7 Å².